The topological polar surface area (TPSA) is 57.5 Å². The third-order valence-electron chi connectivity index (χ3n) is 3.34. The summed E-state index contributed by atoms with van der Waals surface area (Å²) < 4.78 is 0. The first kappa shape index (κ1) is 14.6. The molecule has 0 aliphatic heterocycles. The maximum Gasteiger partial charge on any atom is 0.309 e. The van der Waals surface area contributed by atoms with Crippen LogP contribution in [0.25, 0.3) is 0 Å². The van der Waals surface area contributed by atoms with Gasteiger partial charge >= 0.3 is 5.97 Å². The lowest BCUT2D eigenvalue weighted by Crippen LogP contribution is -2.27. The molecule has 3 heteroatoms. The molecule has 0 bridgehead atoms. The molecule has 3 nitrogen and oxygen atoms in total. The standard InChI is InChI=1S/C15H22O3/c1-9(2)11-7-6-10(3)13(16)12(11)8-15(4,5)14(17)18/h6-7,9,16H,8H2,1-5H3,(H,17,18). The molecule has 0 spiro atoms. The molecule has 0 aliphatic rings. The number of rotatable bonds is 4. The number of carboxylic acids is 1. The Morgan fingerprint density at radius 3 is 2.33 bits per heavy atom. The SMILES string of the molecule is Cc1ccc(C(C)C)c(CC(C)(C)C(=O)O)c1O. The van der Waals surface area contributed by atoms with E-state index in [1.807, 2.05) is 32.9 Å². The molecular formula is C15H22O3. The van der Waals surface area contributed by atoms with Crippen LogP contribution < -0.4 is 0 Å². The van der Waals surface area contributed by atoms with Gasteiger partial charge < -0.3 is 10.2 Å². The molecule has 0 unspecified atom stereocenters. The van der Waals surface area contributed by atoms with Gasteiger partial charge in [-0.1, -0.05) is 26.0 Å². The van der Waals surface area contributed by atoms with Crippen molar-refractivity contribution in [1.82, 2.24) is 0 Å². The van der Waals surface area contributed by atoms with Gasteiger partial charge in [0.25, 0.3) is 0 Å². The number of benzene rings is 1. The number of aromatic hydroxyl groups is 1. The van der Waals surface area contributed by atoms with Gasteiger partial charge in [0.15, 0.2) is 0 Å². The van der Waals surface area contributed by atoms with Crippen molar-refractivity contribution in [2.45, 2.75) is 47.0 Å². The average molecular weight is 250 g/mol. The highest BCUT2D eigenvalue weighted by molar-refractivity contribution is 5.74. The lowest BCUT2D eigenvalue weighted by atomic mass is 9.81. The summed E-state index contributed by atoms with van der Waals surface area (Å²) in [6.45, 7) is 9.28. The van der Waals surface area contributed by atoms with Crippen LogP contribution in [0.4, 0.5) is 0 Å². The zero-order chi connectivity index (χ0) is 14.1. The number of aryl methyl sites for hydroxylation is 1. The second-order valence-corrected chi connectivity index (χ2v) is 5.82. The summed E-state index contributed by atoms with van der Waals surface area (Å²) in [6.07, 6.45) is 0.337. The highest BCUT2D eigenvalue weighted by Gasteiger charge is 2.30. The number of carboxylic acid groups (broad SMARTS) is 1. The van der Waals surface area contributed by atoms with Crippen LogP contribution in [0.2, 0.25) is 0 Å². The predicted octanol–water partition coefficient (Wildman–Crippen LogP) is 3.48. The number of phenols is 1. The summed E-state index contributed by atoms with van der Waals surface area (Å²) in [7, 11) is 0. The number of hydrogen-bond acceptors (Lipinski definition) is 2. The van der Waals surface area contributed by atoms with E-state index in [4.69, 9.17) is 0 Å². The number of aliphatic carboxylic acids is 1. The van der Waals surface area contributed by atoms with E-state index >= 15 is 0 Å². The van der Waals surface area contributed by atoms with Gasteiger partial charge in [-0.3, -0.25) is 4.79 Å². The van der Waals surface area contributed by atoms with Crippen LogP contribution in [0.5, 0.6) is 5.75 Å². The Balaban J connectivity index is 3.30. The van der Waals surface area contributed by atoms with E-state index in [1.54, 1.807) is 13.8 Å². The minimum absolute atomic E-state index is 0.232. The van der Waals surface area contributed by atoms with E-state index < -0.39 is 11.4 Å². The van der Waals surface area contributed by atoms with Crippen LogP contribution in [0, 0.1) is 12.3 Å². The maximum atomic E-state index is 11.2. The molecule has 0 saturated heterocycles. The molecule has 0 aromatic heterocycles. The summed E-state index contributed by atoms with van der Waals surface area (Å²) in [5.74, 6) is -0.357. The molecule has 0 fully saturated rings. The Morgan fingerprint density at radius 2 is 1.89 bits per heavy atom. The quantitative estimate of drug-likeness (QED) is 0.860. The molecule has 0 amide bonds. The smallest absolute Gasteiger partial charge is 0.309 e. The monoisotopic (exact) mass is 250 g/mol. The molecule has 1 rings (SSSR count). The Bertz CT molecular complexity index is 459. The van der Waals surface area contributed by atoms with Crippen LogP contribution in [-0.2, 0) is 11.2 Å². The molecule has 2 N–H and O–H groups in total. The lowest BCUT2D eigenvalue weighted by Gasteiger charge is -2.23. The van der Waals surface area contributed by atoms with Gasteiger partial charge in [0.05, 0.1) is 5.41 Å². The normalized spacial score (nSPS) is 11.9. The molecule has 0 heterocycles. The van der Waals surface area contributed by atoms with Crippen molar-refractivity contribution in [3.05, 3.63) is 28.8 Å². The Morgan fingerprint density at radius 1 is 1.33 bits per heavy atom. The fourth-order valence-corrected chi connectivity index (χ4v) is 2.01. The second kappa shape index (κ2) is 5.01. The molecule has 0 atom stereocenters. The van der Waals surface area contributed by atoms with Gasteiger partial charge in [-0.2, -0.15) is 0 Å². The van der Waals surface area contributed by atoms with E-state index in [1.165, 1.54) is 0 Å². The maximum absolute atomic E-state index is 11.2. The fourth-order valence-electron chi connectivity index (χ4n) is 2.01. The van der Waals surface area contributed by atoms with Gasteiger partial charge in [-0.25, -0.2) is 0 Å². The average Bonchev–Trinajstić information content (AvgIpc) is 2.24. The first-order chi connectivity index (χ1) is 8.16. The van der Waals surface area contributed by atoms with E-state index in [9.17, 15) is 15.0 Å². The zero-order valence-corrected chi connectivity index (χ0v) is 11.7. The molecule has 1 aromatic carbocycles. The van der Waals surface area contributed by atoms with Crippen molar-refractivity contribution < 1.29 is 15.0 Å². The number of carbonyl (C=O) groups is 1. The highest BCUT2D eigenvalue weighted by Crippen LogP contribution is 2.35. The highest BCUT2D eigenvalue weighted by atomic mass is 16.4. The predicted molar refractivity (Wildman–Crippen MR) is 72.1 cm³/mol. The molecule has 0 aliphatic carbocycles. The van der Waals surface area contributed by atoms with Gasteiger partial charge in [0.1, 0.15) is 5.75 Å². The van der Waals surface area contributed by atoms with E-state index in [0.29, 0.717) is 6.42 Å². The summed E-state index contributed by atoms with van der Waals surface area (Å²) in [6, 6.07) is 3.86. The molecular weight excluding hydrogens is 228 g/mol. The van der Waals surface area contributed by atoms with Gasteiger partial charge in [-0.15, -0.1) is 0 Å². The van der Waals surface area contributed by atoms with Crippen molar-refractivity contribution in [2.24, 2.45) is 5.41 Å². The first-order valence-electron chi connectivity index (χ1n) is 6.21. The fraction of sp³-hybridized carbons (Fsp3) is 0.533. The largest absolute Gasteiger partial charge is 0.507 e. The molecule has 1 aromatic rings. The zero-order valence-electron chi connectivity index (χ0n) is 11.7. The second-order valence-electron chi connectivity index (χ2n) is 5.82. The summed E-state index contributed by atoms with van der Waals surface area (Å²) in [5.41, 5.74) is 1.69. The molecule has 0 saturated carbocycles. The molecule has 18 heavy (non-hydrogen) atoms. The molecule has 100 valence electrons. The van der Waals surface area contributed by atoms with Crippen molar-refractivity contribution in [3.63, 3.8) is 0 Å². The third kappa shape index (κ3) is 2.84. The summed E-state index contributed by atoms with van der Waals surface area (Å²) in [4.78, 5) is 11.2. The Hall–Kier alpha value is -1.51. The van der Waals surface area contributed by atoms with Crippen LogP contribution in [-0.4, -0.2) is 16.2 Å². The van der Waals surface area contributed by atoms with E-state index in [2.05, 4.69) is 0 Å². The van der Waals surface area contributed by atoms with E-state index in [-0.39, 0.29) is 11.7 Å². The van der Waals surface area contributed by atoms with Crippen molar-refractivity contribution in [3.8, 4) is 5.75 Å². The Kier molecular flexibility index (Phi) is 4.05. The molecule has 0 radical (unpaired) electrons. The van der Waals surface area contributed by atoms with E-state index in [0.717, 1.165) is 16.7 Å². The number of phenolic OH excluding ortho intramolecular Hbond substituents is 1. The minimum Gasteiger partial charge on any atom is -0.507 e. The van der Waals surface area contributed by atoms with Crippen LogP contribution >= 0.6 is 0 Å². The van der Waals surface area contributed by atoms with Gasteiger partial charge in [0.2, 0.25) is 0 Å². The van der Waals surface area contributed by atoms with Crippen molar-refractivity contribution in [1.29, 1.82) is 0 Å². The number of hydrogen-bond donors (Lipinski definition) is 2. The Labute approximate surface area is 108 Å². The van der Waals surface area contributed by atoms with Crippen molar-refractivity contribution in [2.75, 3.05) is 0 Å². The van der Waals surface area contributed by atoms with Crippen molar-refractivity contribution >= 4 is 5.97 Å². The third-order valence-corrected chi connectivity index (χ3v) is 3.34. The van der Waals surface area contributed by atoms with Crippen LogP contribution in [0.3, 0.4) is 0 Å². The summed E-state index contributed by atoms with van der Waals surface area (Å²) >= 11 is 0. The van der Waals surface area contributed by atoms with Crippen LogP contribution in [0.1, 0.15) is 50.3 Å². The summed E-state index contributed by atoms with van der Waals surface area (Å²) in [5, 5.41) is 19.4. The first-order valence-corrected chi connectivity index (χ1v) is 6.21. The lowest BCUT2D eigenvalue weighted by molar-refractivity contribution is -0.146. The minimum atomic E-state index is -0.880. The van der Waals surface area contributed by atoms with Gasteiger partial charge in [-0.05, 0) is 49.8 Å². The van der Waals surface area contributed by atoms with Gasteiger partial charge in [0, 0.05) is 0 Å². The van der Waals surface area contributed by atoms with Crippen LogP contribution in [0.15, 0.2) is 12.1 Å².